The Morgan fingerprint density at radius 3 is 2.70 bits per heavy atom. The highest BCUT2D eigenvalue weighted by Crippen LogP contribution is 2.21. The lowest BCUT2D eigenvalue weighted by atomic mass is 10.1. The van der Waals surface area contributed by atoms with Crippen molar-refractivity contribution >= 4 is 22.4 Å². The fourth-order valence-electron chi connectivity index (χ4n) is 1.83. The minimum absolute atomic E-state index is 0.123. The fourth-order valence-corrected chi connectivity index (χ4v) is 2.63. The molecule has 20 heavy (non-hydrogen) atoms. The Bertz CT molecular complexity index is 577. The summed E-state index contributed by atoms with van der Waals surface area (Å²) in [5.41, 5.74) is 2.74. The van der Waals surface area contributed by atoms with Crippen molar-refractivity contribution in [1.82, 2.24) is 10.3 Å². The summed E-state index contributed by atoms with van der Waals surface area (Å²) >= 11 is 1.45. The van der Waals surface area contributed by atoms with Crippen molar-refractivity contribution in [3.05, 3.63) is 46.5 Å². The van der Waals surface area contributed by atoms with Crippen molar-refractivity contribution in [1.29, 1.82) is 0 Å². The summed E-state index contributed by atoms with van der Waals surface area (Å²) < 4.78 is 0. The van der Waals surface area contributed by atoms with Crippen LogP contribution in [0, 0.1) is 6.92 Å². The number of aromatic nitrogens is 1. The van der Waals surface area contributed by atoms with Gasteiger partial charge in [-0.2, -0.15) is 0 Å². The Morgan fingerprint density at radius 1 is 1.35 bits per heavy atom. The number of carbonyl (C=O) groups is 1. The second-order valence-electron chi connectivity index (χ2n) is 4.68. The first-order valence-corrected chi connectivity index (χ1v) is 7.55. The highest BCUT2D eigenvalue weighted by Gasteiger charge is 2.11. The van der Waals surface area contributed by atoms with Gasteiger partial charge in [0.25, 0.3) is 5.91 Å². The molecule has 0 bridgehead atoms. The molecule has 2 N–H and O–H groups in total. The number of thiazole rings is 1. The SMILES string of the molecule is CCNC(C)c1csc(NC(=O)c2ccc(C)cc2)n1. The molecule has 0 saturated heterocycles. The lowest BCUT2D eigenvalue weighted by Crippen LogP contribution is -2.18. The molecule has 0 spiro atoms. The molecule has 1 aromatic carbocycles. The average Bonchev–Trinajstić information content (AvgIpc) is 2.88. The molecule has 0 aliphatic carbocycles. The van der Waals surface area contributed by atoms with Crippen LogP contribution < -0.4 is 10.6 Å². The van der Waals surface area contributed by atoms with Crippen LogP contribution in [-0.4, -0.2) is 17.4 Å². The topological polar surface area (TPSA) is 54.0 Å². The molecule has 0 saturated carbocycles. The van der Waals surface area contributed by atoms with Crippen LogP contribution in [0.4, 0.5) is 5.13 Å². The predicted octanol–water partition coefficient (Wildman–Crippen LogP) is 3.37. The summed E-state index contributed by atoms with van der Waals surface area (Å²) in [5.74, 6) is -0.123. The van der Waals surface area contributed by atoms with E-state index in [0.29, 0.717) is 10.7 Å². The van der Waals surface area contributed by atoms with Gasteiger partial charge in [-0.3, -0.25) is 10.1 Å². The smallest absolute Gasteiger partial charge is 0.257 e. The normalized spacial score (nSPS) is 12.2. The number of amides is 1. The number of carbonyl (C=O) groups excluding carboxylic acids is 1. The molecule has 0 aliphatic heterocycles. The molecule has 2 rings (SSSR count). The van der Waals surface area contributed by atoms with Crippen LogP contribution >= 0.6 is 11.3 Å². The molecule has 1 unspecified atom stereocenters. The standard InChI is InChI=1S/C15H19N3OS/c1-4-16-11(3)13-9-20-15(17-13)18-14(19)12-7-5-10(2)6-8-12/h5-9,11,16H,4H2,1-3H3,(H,17,18,19). The zero-order valence-electron chi connectivity index (χ0n) is 11.9. The summed E-state index contributed by atoms with van der Waals surface area (Å²) in [5, 5.41) is 8.74. The van der Waals surface area contributed by atoms with Crippen molar-refractivity contribution in [3.8, 4) is 0 Å². The van der Waals surface area contributed by atoms with Crippen molar-refractivity contribution in [2.75, 3.05) is 11.9 Å². The van der Waals surface area contributed by atoms with Crippen molar-refractivity contribution in [2.24, 2.45) is 0 Å². The van der Waals surface area contributed by atoms with E-state index in [0.717, 1.165) is 17.8 Å². The van der Waals surface area contributed by atoms with Crippen LogP contribution in [0.3, 0.4) is 0 Å². The van der Waals surface area contributed by atoms with Crippen LogP contribution in [0.25, 0.3) is 0 Å². The molecule has 106 valence electrons. The van der Waals surface area contributed by atoms with Crippen LogP contribution in [0.15, 0.2) is 29.6 Å². The quantitative estimate of drug-likeness (QED) is 0.887. The van der Waals surface area contributed by atoms with Gasteiger partial charge in [0.05, 0.1) is 5.69 Å². The maximum absolute atomic E-state index is 12.1. The van der Waals surface area contributed by atoms with E-state index in [1.54, 1.807) is 0 Å². The lowest BCUT2D eigenvalue weighted by Gasteiger charge is -2.08. The second-order valence-corrected chi connectivity index (χ2v) is 5.54. The van der Waals surface area contributed by atoms with E-state index >= 15 is 0 Å². The summed E-state index contributed by atoms with van der Waals surface area (Å²) in [6.07, 6.45) is 0. The number of nitrogens with zero attached hydrogens (tertiary/aromatic N) is 1. The Hall–Kier alpha value is -1.72. The third kappa shape index (κ3) is 3.65. The molecular weight excluding hydrogens is 270 g/mol. The Labute approximate surface area is 123 Å². The molecule has 5 heteroatoms. The highest BCUT2D eigenvalue weighted by molar-refractivity contribution is 7.14. The van der Waals surface area contributed by atoms with Gasteiger partial charge in [-0.15, -0.1) is 11.3 Å². The number of aryl methyl sites for hydroxylation is 1. The molecular formula is C15H19N3OS. The minimum Gasteiger partial charge on any atom is -0.309 e. The van der Waals surface area contributed by atoms with Crippen LogP contribution in [-0.2, 0) is 0 Å². The van der Waals surface area contributed by atoms with Gasteiger partial charge in [0, 0.05) is 17.0 Å². The summed E-state index contributed by atoms with van der Waals surface area (Å²) in [6.45, 7) is 7.01. The number of benzene rings is 1. The van der Waals surface area contributed by atoms with Gasteiger partial charge in [-0.05, 0) is 32.5 Å². The molecule has 0 aliphatic rings. The van der Waals surface area contributed by atoms with Crippen LogP contribution in [0.2, 0.25) is 0 Å². The van der Waals surface area contributed by atoms with E-state index < -0.39 is 0 Å². The van der Waals surface area contributed by atoms with Gasteiger partial charge in [0.1, 0.15) is 0 Å². The number of hydrogen-bond donors (Lipinski definition) is 2. The maximum Gasteiger partial charge on any atom is 0.257 e. The van der Waals surface area contributed by atoms with Gasteiger partial charge in [-0.1, -0.05) is 24.6 Å². The van der Waals surface area contributed by atoms with Crippen LogP contribution in [0.5, 0.6) is 0 Å². The zero-order valence-corrected chi connectivity index (χ0v) is 12.8. The number of hydrogen-bond acceptors (Lipinski definition) is 4. The Kier molecular flexibility index (Phi) is 4.87. The molecule has 1 heterocycles. The molecule has 0 radical (unpaired) electrons. The third-order valence-corrected chi connectivity index (χ3v) is 3.79. The van der Waals surface area contributed by atoms with E-state index in [1.807, 2.05) is 36.6 Å². The monoisotopic (exact) mass is 289 g/mol. The second kappa shape index (κ2) is 6.63. The van der Waals surface area contributed by atoms with Gasteiger partial charge >= 0.3 is 0 Å². The first kappa shape index (κ1) is 14.7. The first-order valence-electron chi connectivity index (χ1n) is 6.67. The summed E-state index contributed by atoms with van der Waals surface area (Å²) in [6, 6.07) is 7.69. The van der Waals surface area contributed by atoms with E-state index in [-0.39, 0.29) is 11.9 Å². The Morgan fingerprint density at radius 2 is 2.05 bits per heavy atom. The number of nitrogens with one attached hydrogen (secondary N) is 2. The van der Waals surface area contributed by atoms with E-state index in [1.165, 1.54) is 11.3 Å². The van der Waals surface area contributed by atoms with Crippen molar-refractivity contribution in [3.63, 3.8) is 0 Å². The largest absolute Gasteiger partial charge is 0.309 e. The van der Waals surface area contributed by atoms with E-state index in [2.05, 4.69) is 29.5 Å². The first-order chi connectivity index (χ1) is 9.60. The third-order valence-electron chi connectivity index (χ3n) is 3.01. The van der Waals surface area contributed by atoms with Crippen molar-refractivity contribution in [2.45, 2.75) is 26.8 Å². The van der Waals surface area contributed by atoms with Crippen molar-refractivity contribution < 1.29 is 4.79 Å². The van der Waals surface area contributed by atoms with E-state index in [9.17, 15) is 4.79 Å². The van der Waals surface area contributed by atoms with Gasteiger partial charge in [0.15, 0.2) is 5.13 Å². The molecule has 1 aromatic heterocycles. The predicted molar refractivity (Wildman–Crippen MR) is 83.3 cm³/mol. The molecule has 1 amide bonds. The van der Waals surface area contributed by atoms with Gasteiger partial charge < -0.3 is 5.32 Å². The summed E-state index contributed by atoms with van der Waals surface area (Å²) in [4.78, 5) is 16.5. The molecule has 2 aromatic rings. The average molecular weight is 289 g/mol. The number of rotatable bonds is 5. The zero-order chi connectivity index (χ0) is 14.5. The molecule has 4 nitrogen and oxygen atoms in total. The Balaban J connectivity index is 2.03. The van der Waals surface area contributed by atoms with Gasteiger partial charge in [-0.25, -0.2) is 4.98 Å². The fraction of sp³-hybridized carbons (Fsp3) is 0.333. The number of anilines is 1. The minimum atomic E-state index is -0.123. The highest BCUT2D eigenvalue weighted by atomic mass is 32.1. The van der Waals surface area contributed by atoms with Gasteiger partial charge in [0.2, 0.25) is 0 Å². The molecule has 0 fully saturated rings. The van der Waals surface area contributed by atoms with Crippen LogP contribution in [0.1, 0.15) is 41.5 Å². The maximum atomic E-state index is 12.1. The van der Waals surface area contributed by atoms with E-state index in [4.69, 9.17) is 0 Å². The lowest BCUT2D eigenvalue weighted by molar-refractivity contribution is 0.102. The molecule has 1 atom stereocenters. The summed E-state index contributed by atoms with van der Waals surface area (Å²) in [7, 11) is 0.